The Kier molecular flexibility index (Phi) is 3.42. The summed E-state index contributed by atoms with van der Waals surface area (Å²) in [6.45, 7) is 2.98. The Morgan fingerprint density at radius 1 is 1.54 bits per heavy atom. The van der Waals surface area contributed by atoms with Gasteiger partial charge in [0.05, 0.1) is 12.5 Å². The molecule has 1 aliphatic rings. The molecular formula is C9H16N2O2. The number of amides is 1. The molecule has 0 aromatic rings. The van der Waals surface area contributed by atoms with Crippen molar-refractivity contribution in [3.05, 3.63) is 0 Å². The predicted molar refractivity (Wildman–Crippen MR) is 49.3 cm³/mol. The van der Waals surface area contributed by atoms with Gasteiger partial charge in [-0.2, -0.15) is 0 Å². The van der Waals surface area contributed by atoms with Gasteiger partial charge in [0.2, 0.25) is 5.91 Å². The Balaban J connectivity index is 2.36. The number of rotatable bonds is 3. The standard InChI is InChI=1S/C9H16N2O2/c1-6-3-7(11-5-6)8(12)4-9(13)10-2/h6-7,11H,3-5H2,1-2H3,(H,10,13)/t6-,7?/m1/s1. The summed E-state index contributed by atoms with van der Waals surface area (Å²) in [5, 5.41) is 5.55. The lowest BCUT2D eigenvalue weighted by molar-refractivity contribution is -0.128. The van der Waals surface area contributed by atoms with Crippen molar-refractivity contribution in [1.82, 2.24) is 10.6 Å². The van der Waals surface area contributed by atoms with E-state index in [9.17, 15) is 9.59 Å². The summed E-state index contributed by atoms with van der Waals surface area (Å²) in [4.78, 5) is 22.3. The van der Waals surface area contributed by atoms with Crippen LogP contribution in [0.25, 0.3) is 0 Å². The average molecular weight is 184 g/mol. The molecule has 0 bridgehead atoms. The summed E-state index contributed by atoms with van der Waals surface area (Å²) in [5.41, 5.74) is 0. The molecule has 1 saturated heterocycles. The molecule has 4 heteroatoms. The Bertz CT molecular complexity index is 216. The second-order valence-corrected chi connectivity index (χ2v) is 3.62. The smallest absolute Gasteiger partial charge is 0.227 e. The number of hydrogen-bond donors (Lipinski definition) is 2. The number of Topliss-reactive ketones (excluding diaryl/α,β-unsaturated/α-hetero) is 1. The van der Waals surface area contributed by atoms with E-state index in [2.05, 4.69) is 17.6 Å². The van der Waals surface area contributed by atoms with Crippen LogP contribution in [0.2, 0.25) is 0 Å². The molecule has 0 aromatic heterocycles. The molecule has 74 valence electrons. The number of carbonyl (C=O) groups is 2. The summed E-state index contributed by atoms with van der Waals surface area (Å²) in [6.07, 6.45) is 0.858. The van der Waals surface area contributed by atoms with Crippen LogP contribution in [0.1, 0.15) is 19.8 Å². The fourth-order valence-corrected chi connectivity index (χ4v) is 1.53. The van der Waals surface area contributed by atoms with Gasteiger partial charge in [0.15, 0.2) is 5.78 Å². The summed E-state index contributed by atoms with van der Waals surface area (Å²) in [6, 6.07) is -0.104. The van der Waals surface area contributed by atoms with Gasteiger partial charge in [-0.3, -0.25) is 9.59 Å². The van der Waals surface area contributed by atoms with Gasteiger partial charge in [0, 0.05) is 7.05 Å². The van der Waals surface area contributed by atoms with Crippen molar-refractivity contribution in [2.75, 3.05) is 13.6 Å². The molecular weight excluding hydrogens is 168 g/mol. The third kappa shape index (κ3) is 2.81. The maximum absolute atomic E-state index is 11.4. The highest BCUT2D eigenvalue weighted by atomic mass is 16.2. The number of nitrogens with one attached hydrogen (secondary N) is 2. The van der Waals surface area contributed by atoms with Crippen LogP contribution < -0.4 is 10.6 Å². The maximum atomic E-state index is 11.4. The molecule has 2 N–H and O–H groups in total. The highest BCUT2D eigenvalue weighted by molar-refractivity contribution is 6.00. The van der Waals surface area contributed by atoms with Gasteiger partial charge in [-0.1, -0.05) is 6.92 Å². The van der Waals surface area contributed by atoms with Crippen LogP contribution >= 0.6 is 0 Å². The monoisotopic (exact) mass is 184 g/mol. The summed E-state index contributed by atoms with van der Waals surface area (Å²) in [7, 11) is 1.54. The van der Waals surface area contributed by atoms with E-state index >= 15 is 0 Å². The summed E-state index contributed by atoms with van der Waals surface area (Å²) in [5.74, 6) is 0.341. The number of hydrogen-bond acceptors (Lipinski definition) is 3. The first-order valence-electron chi connectivity index (χ1n) is 4.60. The van der Waals surface area contributed by atoms with Crippen LogP contribution in [0.15, 0.2) is 0 Å². The topological polar surface area (TPSA) is 58.2 Å². The molecule has 1 amide bonds. The zero-order valence-electron chi connectivity index (χ0n) is 8.09. The van der Waals surface area contributed by atoms with E-state index in [0.717, 1.165) is 13.0 Å². The van der Waals surface area contributed by atoms with Gasteiger partial charge in [-0.25, -0.2) is 0 Å². The molecule has 1 heterocycles. The lowest BCUT2D eigenvalue weighted by Gasteiger charge is -2.07. The average Bonchev–Trinajstić information content (AvgIpc) is 2.51. The Morgan fingerprint density at radius 3 is 2.69 bits per heavy atom. The fourth-order valence-electron chi connectivity index (χ4n) is 1.53. The molecule has 1 fully saturated rings. The summed E-state index contributed by atoms with van der Waals surface area (Å²) >= 11 is 0. The van der Waals surface area contributed by atoms with Crippen molar-refractivity contribution in [3.63, 3.8) is 0 Å². The largest absolute Gasteiger partial charge is 0.359 e. The van der Waals surface area contributed by atoms with Gasteiger partial charge >= 0.3 is 0 Å². The van der Waals surface area contributed by atoms with E-state index in [1.165, 1.54) is 0 Å². The van der Waals surface area contributed by atoms with Crippen LogP contribution in [0.5, 0.6) is 0 Å². The van der Waals surface area contributed by atoms with Crippen molar-refractivity contribution < 1.29 is 9.59 Å². The molecule has 1 rings (SSSR count). The molecule has 0 saturated carbocycles. The SMILES string of the molecule is CNC(=O)CC(=O)C1C[C@@H](C)CN1. The van der Waals surface area contributed by atoms with Crippen LogP contribution in [-0.2, 0) is 9.59 Å². The molecule has 0 radical (unpaired) electrons. The lowest BCUT2D eigenvalue weighted by atomic mass is 10.0. The van der Waals surface area contributed by atoms with Gasteiger partial charge < -0.3 is 10.6 Å². The quantitative estimate of drug-likeness (QED) is 0.591. The molecule has 4 nitrogen and oxygen atoms in total. The Labute approximate surface area is 78.1 Å². The van der Waals surface area contributed by atoms with Crippen LogP contribution in [-0.4, -0.2) is 31.3 Å². The Morgan fingerprint density at radius 2 is 2.23 bits per heavy atom. The van der Waals surface area contributed by atoms with E-state index in [-0.39, 0.29) is 24.2 Å². The molecule has 0 spiro atoms. The first-order chi connectivity index (χ1) is 6.13. The van der Waals surface area contributed by atoms with Crippen molar-refractivity contribution in [2.45, 2.75) is 25.8 Å². The fraction of sp³-hybridized carbons (Fsp3) is 0.778. The van der Waals surface area contributed by atoms with Gasteiger partial charge in [-0.15, -0.1) is 0 Å². The first kappa shape index (κ1) is 10.2. The van der Waals surface area contributed by atoms with E-state index in [1.54, 1.807) is 7.05 Å². The van der Waals surface area contributed by atoms with Crippen molar-refractivity contribution in [3.8, 4) is 0 Å². The molecule has 0 aliphatic carbocycles. The van der Waals surface area contributed by atoms with Crippen LogP contribution in [0.4, 0.5) is 0 Å². The van der Waals surface area contributed by atoms with Gasteiger partial charge in [0.25, 0.3) is 0 Å². The molecule has 2 atom stereocenters. The zero-order chi connectivity index (χ0) is 9.84. The minimum atomic E-state index is -0.202. The predicted octanol–water partition coefficient (Wildman–Crippen LogP) is -0.310. The minimum Gasteiger partial charge on any atom is -0.359 e. The van der Waals surface area contributed by atoms with Crippen LogP contribution in [0, 0.1) is 5.92 Å². The Hall–Kier alpha value is -0.900. The highest BCUT2D eigenvalue weighted by Crippen LogP contribution is 2.14. The van der Waals surface area contributed by atoms with Gasteiger partial charge in [0.1, 0.15) is 0 Å². The van der Waals surface area contributed by atoms with E-state index in [0.29, 0.717) is 5.92 Å². The first-order valence-corrected chi connectivity index (χ1v) is 4.60. The third-order valence-electron chi connectivity index (χ3n) is 2.35. The van der Waals surface area contributed by atoms with E-state index in [4.69, 9.17) is 0 Å². The molecule has 1 unspecified atom stereocenters. The second kappa shape index (κ2) is 4.37. The maximum Gasteiger partial charge on any atom is 0.227 e. The highest BCUT2D eigenvalue weighted by Gasteiger charge is 2.27. The van der Waals surface area contributed by atoms with E-state index < -0.39 is 0 Å². The molecule has 1 aliphatic heterocycles. The van der Waals surface area contributed by atoms with Gasteiger partial charge in [-0.05, 0) is 18.9 Å². The van der Waals surface area contributed by atoms with Crippen molar-refractivity contribution >= 4 is 11.7 Å². The lowest BCUT2D eigenvalue weighted by Crippen LogP contribution is -2.34. The third-order valence-corrected chi connectivity index (χ3v) is 2.35. The molecule has 13 heavy (non-hydrogen) atoms. The number of ketones is 1. The normalized spacial score (nSPS) is 27.2. The van der Waals surface area contributed by atoms with Crippen LogP contribution in [0.3, 0.4) is 0 Å². The minimum absolute atomic E-state index is 0.000880. The summed E-state index contributed by atoms with van der Waals surface area (Å²) < 4.78 is 0. The number of carbonyl (C=O) groups excluding carboxylic acids is 2. The zero-order valence-corrected chi connectivity index (χ0v) is 8.09. The van der Waals surface area contributed by atoms with E-state index in [1.807, 2.05) is 0 Å². The molecule has 0 aromatic carbocycles. The van der Waals surface area contributed by atoms with Crippen molar-refractivity contribution in [2.24, 2.45) is 5.92 Å². The second-order valence-electron chi connectivity index (χ2n) is 3.62. The van der Waals surface area contributed by atoms with Crippen molar-refractivity contribution in [1.29, 1.82) is 0 Å².